The van der Waals surface area contributed by atoms with Gasteiger partial charge in [-0.15, -0.1) is 0 Å². The highest BCUT2D eigenvalue weighted by molar-refractivity contribution is 5.84. The Morgan fingerprint density at radius 2 is 1.93 bits per heavy atom. The monoisotopic (exact) mass is 365 g/mol. The zero-order valence-corrected chi connectivity index (χ0v) is 15.9. The predicted molar refractivity (Wildman–Crippen MR) is 105 cm³/mol. The standard InChI is InChI=1S/C22H27N3O2/c1-24(15-18-12-10-16-6-2-5-9-20(16)23-18)22(27)17-11-13-21(26)25(14-17)19-7-3-4-8-19/h2,5-6,9-10,12,17,19H,3-4,7-8,11,13-15H2,1H3/t17-/m1/s1. The molecule has 0 bridgehead atoms. The van der Waals surface area contributed by atoms with Gasteiger partial charge in [-0.1, -0.05) is 37.1 Å². The Hall–Kier alpha value is -2.43. The molecule has 2 aromatic rings. The van der Waals surface area contributed by atoms with Gasteiger partial charge < -0.3 is 9.80 Å². The van der Waals surface area contributed by atoms with E-state index in [-0.39, 0.29) is 17.7 Å². The SMILES string of the molecule is CN(Cc1ccc2ccccc2n1)C(=O)[C@@H]1CCC(=O)N(C2CCCC2)C1. The molecule has 0 radical (unpaired) electrons. The average molecular weight is 365 g/mol. The number of para-hydroxylation sites is 1. The lowest BCUT2D eigenvalue weighted by Crippen LogP contribution is -2.49. The second-order valence-electron chi connectivity index (χ2n) is 7.91. The van der Waals surface area contributed by atoms with Crippen molar-refractivity contribution in [2.75, 3.05) is 13.6 Å². The minimum atomic E-state index is -0.0891. The van der Waals surface area contributed by atoms with Crippen LogP contribution < -0.4 is 0 Å². The number of rotatable bonds is 4. The smallest absolute Gasteiger partial charge is 0.227 e. The van der Waals surface area contributed by atoms with E-state index in [0.717, 1.165) is 29.4 Å². The summed E-state index contributed by atoms with van der Waals surface area (Å²) in [5.74, 6) is 0.263. The summed E-state index contributed by atoms with van der Waals surface area (Å²) in [4.78, 5) is 33.7. The number of hydrogen-bond acceptors (Lipinski definition) is 3. The Morgan fingerprint density at radius 3 is 2.74 bits per heavy atom. The summed E-state index contributed by atoms with van der Waals surface area (Å²) in [6.45, 7) is 1.08. The lowest BCUT2D eigenvalue weighted by Gasteiger charge is -2.37. The van der Waals surface area contributed by atoms with Crippen molar-refractivity contribution in [3.8, 4) is 0 Å². The van der Waals surface area contributed by atoms with Crippen molar-refractivity contribution in [3.05, 3.63) is 42.1 Å². The first kappa shape index (κ1) is 18.0. The largest absolute Gasteiger partial charge is 0.340 e. The third-order valence-corrected chi connectivity index (χ3v) is 5.99. The molecule has 5 nitrogen and oxygen atoms in total. The van der Waals surface area contributed by atoms with Crippen LogP contribution in [-0.4, -0.2) is 46.2 Å². The van der Waals surface area contributed by atoms with Gasteiger partial charge in [-0.2, -0.15) is 0 Å². The molecule has 1 saturated carbocycles. The molecule has 1 atom stereocenters. The number of carbonyl (C=O) groups excluding carboxylic acids is 2. The van der Waals surface area contributed by atoms with E-state index in [0.29, 0.717) is 32.0 Å². The zero-order chi connectivity index (χ0) is 18.8. The van der Waals surface area contributed by atoms with Gasteiger partial charge in [0.15, 0.2) is 0 Å². The first-order chi connectivity index (χ1) is 13.1. The Balaban J connectivity index is 1.42. The van der Waals surface area contributed by atoms with Crippen molar-refractivity contribution in [3.63, 3.8) is 0 Å². The van der Waals surface area contributed by atoms with Crippen LogP contribution in [0.2, 0.25) is 0 Å². The van der Waals surface area contributed by atoms with Crippen molar-refractivity contribution in [1.29, 1.82) is 0 Å². The van der Waals surface area contributed by atoms with Crippen LogP contribution in [0.4, 0.5) is 0 Å². The Morgan fingerprint density at radius 1 is 1.15 bits per heavy atom. The second-order valence-corrected chi connectivity index (χ2v) is 7.91. The van der Waals surface area contributed by atoms with E-state index in [2.05, 4.69) is 11.1 Å². The van der Waals surface area contributed by atoms with Crippen LogP contribution in [0.15, 0.2) is 36.4 Å². The molecule has 4 rings (SSSR count). The molecule has 0 N–H and O–H groups in total. The Kier molecular flexibility index (Phi) is 5.10. The van der Waals surface area contributed by atoms with Gasteiger partial charge in [0.05, 0.1) is 23.7 Å². The summed E-state index contributed by atoms with van der Waals surface area (Å²) in [6, 6.07) is 12.4. The molecule has 27 heavy (non-hydrogen) atoms. The zero-order valence-electron chi connectivity index (χ0n) is 15.9. The first-order valence-electron chi connectivity index (χ1n) is 10.0. The van der Waals surface area contributed by atoms with Crippen LogP contribution in [0.1, 0.15) is 44.2 Å². The number of likely N-dealkylation sites (tertiary alicyclic amines) is 1. The Bertz CT molecular complexity index is 844. The minimum absolute atomic E-state index is 0.0891. The van der Waals surface area contributed by atoms with Gasteiger partial charge in [-0.05, 0) is 31.4 Å². The van der Waals surface area contributed by atoms with Gasteiger partial charge in [0.2, 0.25) is 11.8 Å². The normalized spacial score (nSPS) is 21.0. The fourth-order valence-corrected chi connectivity index (χ4v) is 4.47. The molecule has 2 aliphatic rings. The number of aromatic nitrogens is 1. The highest BCUT2D eigenvalue weighted by Gasteiger charge is 2.36. The second kappa shape index (κ2) is 7.67. The number of piperidine rings is 1. The topological polar surface area (TPSA) is 53.5 Å². The van der Waals surface area contributed by atoms with Gasteiger partial charge >= 0.3 is 0 Å². The van der Waals surface area contributed by atoms with Gasteiger partial charge in [0.1, 0.15) is 0 Å². The predicted octanol–water partition coefficient (Wildman–Crippen LogP) is 3.37. The molecule has 2 fully saturated rings. The minimum Gasteiger partial charge on any atom is -0.340 e. The van der Waals surface area contributed by atoms with Crippen LogP contribution in [0.3, 0.4) is 0 Å². The maximum absolute atomic E-state index is 13.0. The summed E-state index contributed by atoms with van der Waals surface area (Å²) in [5.41, 5.74) is 1.84. The maximum Gasteiger partial charge on any atom is 0.227 e. The van der Waals surface area contributed by atoms with Crippen molar-refractivity contribution in [2.24, 2.45) is 5.92 Å². The Labute approximate surface area is 160 Å². The fraction of sp³-hybridized carbons (Fsp3) is 0.500. The molecule has 2 heterocycles. The summed E-state index contributed by atoms with van der Waals surface area (Å²) < 4.78 is 0. The van der Waals surface area contributed by atoms with Crippen molar-refractivity contribution < 1.29 is 9.59 Å². The number of pyridine rings is 1. The van der Waals surface area contributed by atoms with E-state index >= 15 is 0 Å². The molecule has 2 amide bonds. The summed E-state index contributed by atoms with van der Waals surface area (Å²) in [7, 11) is 1.84. The highest BCUT2D eigenvalue weighted by Crippen LogP contribution is 2.29. The van der Waals surface area contributed by atoms with E-state index in [1.807, 2.05) is 42.3 Å². The van der Waals surface area contributed by atoms with Crippen LogP contribution in [0.5, 0.6) is 0 Å². The van der Waals surface area contributed by atoms with Crippen LogP contribution in [0.25, 0.3) is 10.9 Å². The van der Waals surface area contributed by atoms with Gasteiger partial charge in [-0.3, -0.25) is 14.6 Å². The molecular weight excluding hydrogens is 338 g/mol. The van der Waals surface area contributed by atoms with E-state index < -0.39 is 0 Å². The number of amides is 2. The van der Waals surface area contributed by atoms with Crippen molar-refractivity contribution in [1.82, 2.24) is 14.8 Å². The fourth-order valence-electron chi connectivity index (χ4n) is 4.47. The van der Waals surface area contributed by atoms with Crippen LogP contribution >= 0.6 is 0 Å². The molecule has 0 unspecified atom stereocenters. The van der Waals surface area contributed by atoms with E-state index in [9.17, 15) is 9.59 Å². The molecule has 1 saturated heterocycles. The molecule has 1 aromatic carbocycles. The van der Waals surface area contributed by atoms with Crippen LogP contribution in [-0.2, 0) is 16.1 Å². The number of hydrogen-bond donors (Lipinski definition) is 0. The first-order valence-corrected chi connectivity index (χ1v) is 10.0. The summed E-state index contributed by atoms with van der Waals surface area (Å²) in [6.07, 6.45) is 5.72. The third-order valence-electron chi connectivity index (χ3n) is 5.99. The van der Waals surface area contributed by atoms with Crippen LogP contribution in [0, 0.1) is 5.92 Å². The van der Waals surface area contributed by atoms with Gasteiger partial charge in [-0.25, -0.2) is 0 Å². The van der Waals surface area contributed by atoms with Gasteiger partial charge in [0.25, 0.3) is 0 Å². The van der Waals surface area contributed by atoms with E-state index in [4.69, 9.17) is 0 Å². The molecule has 5 heteroatoms. The summed E-state index contributed by atoms with van der Waals surface area (Å²) in [5, 5.41) is 1.10. The highest BCUT2D eigenvalue weighted by atomic mass is 16.2. The third kappa shape index (κ3) is 3.82. The molecular formula is C22H27N3O2. The quantitative estimate of drug-likeness (QED) is 0.835. The maximum atomic E-state index is 13.0. The van der Waals surface area contributed by atoms with E-state index in [1.165, 1.54) is 12.8 Å². The van der Waals surface area contributed by atoms with Crippen molar-refractivity contribution >= 4 is 22.7 Å². The van der Waals surface area contributed by atoms with E-state index in [1.54, 1.807) is 4.90 Å². The lowest BCUT2D eigenvalue weighted by molar-refractivity contribution is -0.144. The number of carbonyl (C=O) groups is 2. The molecule has 1 aliphatic carbocycles. The van der Waals surface area contributed by atoms with Gasteiger partial charge in [0, 0.05) is 31.4 Å². The number of benzene rings is 1. The molecule has 142 valence electrons. The molecule has 0 spiro atoms. The number of nitrogens with zero attached hydrogens (tertiary/aromatic N) is 3. The molecule has 1 aliphatic heterocycles. The van der Waals surface area contributed by atoms with Crippen molar-refractivity contribution in [2.45, 2.75) is 51.1 Å². The lowest BCUT2D eigenvalue weighted by atomic mass is 9.94. The average Bonchev–Trinajstić information content (AvgIpc) is 3.22. The summed E-state index contributed by atoms with van der Waals surface area (Å²) >= 11 is 0. The number of fused-ring (bicyclic) bond motifs is 1. The molecule has 1 aromatic heterocycles.